The van der Waals surface area contributed by atoms with Gasteiger partial charge >= 0.3 is 0 Å². The van der Waals surface area contributed by atoms with E-state index in [4.69, 9.17) is 0 Å². The predicted octanol–water partition coefficient (Wildman–Crippen LogP) is 3.55. The molecule has 3 rings (SSSR count). The molecule has 0 aliphatic carbocycles. The van der Waals surface area contributed by atoms with E-state index in [9.17, 15) is 9.18 Å². The standard InChI is InChI=1S/C17H15FN2OS/c1-11-10-22-17(19-11)14-4-3-12(8-15(14)18)7-13-5-6-20(2)16(21)9-13/h3-6,8-10H,7H2,1-2H3. The molecule has 112 valence electrons. The monoisotopic (exact) mass is 314 g/mol. The van der Waals surface area contributed by atoms with Gasteiger partial charge in [-0.05, 0) is 42.7 Å². The van der Waals surface area contributed by atoms with Crippen LogP contribution in [0.2, 0.25) is 0 Å². The number of aromatic nitrogens is 2. The summed E-state index contributed by atoms with van der Waals surface area (Å²) in [5.74, 6) is -0.282. The first-order valence-electron chi connectivity index (χ1n) is 6.89. The Kier molecular flexibility index (Phi) is 3.90. The third-order valence-electron chi connectivity index (χ3n) is 3.46. The second-order valence-corrected chi connectivity index (χ2v) is 6.13. The lowest BCUT2D eigenvalue weighted by molar-refractivity contribution is 0.629. The molecule has 0 saturated carbocycles. The van der Waals surface area contributed by atoms with E-state index in [-0.39, 0.29) is 11.4 Å². The van der Waals surface area contributed by atoms with Gasteiger partial charge in [-0.3, -0.25) is 4.79 Å². The van der Waals surface area contributed by atoms with Gasteiger partial charge in [0.1, 0.15) is 10.8 Å². The van der Waals surface area contributed by atoms with Crippen LogP contribution >= 0.6 is 11.3 Å². The molecule has 1 aromatic carbocycles. The van der Waals surface area contributed by atoms with Crippen LogP contribution in [0.25, 0.3) is 10.6 Å². The molecular formula is C17H15FN2OS. The minimum absolute atomic E-state index is 0.0622. The van der Waals surface area contributed by atoms with Crippen LogP contribution in [0.4, 0.5) is 4.39 Å². The summed E-state index contributed by atoms with van der Waals surface area (Å²) in [4.78, 5) is 15.9. The predicted molar refractivity (Wildman–Crippen MR) is 86.7 cm³/mol. The second-order valence-electron chi connectivity index (χ2n) is 5.27. The zero-order valence-corrected chi connectivity index (χ0v) is 13.2. The van der Waals surface area contributed by atoms with E-state index in [1.165, 1.54) is 22.0 Å². The Hall–Kier alpha value is -2.27. The van der Waals surface area contributed by atoms with Crippen molar-refractivity contribution in [3.8, 4) is 10.6 Å². The fourth-order valence-electron chi connectivity index (χ4n) is 2.25. The van der Waals surface area contributed by atoms with Gasteiger partial charge in [0.05, 0.1) is 0 Å². The SMILES string of the molecule is Cc1csc(-c2ccc(Cc3ccn(C)c(=O)c3)cc2F)n1. The largest absolute Gasteiger partial charge is 0.319 e. The van der Waals surface area contributed by atoms with E-state index in [0.717, 1.165) is 16.8 Å². The summed E-state index contributed by atoms with van der Waals surface area (Å²) in [6.07, 6.45) is 2.25. The van der Waals surface area contributed by atoms with E-state index < -0.39 is 0 Å². The summed E-state index contributed by atoms with van der Waals surface area (Å²) in [6, 6.07) is 8.60. The third-order valence-corrected chi connectivity index (χ3v) is 4.45. The van der Waals surface area contributed by atoms with Crippen LogP contribution in [0.5, 0.6) is 0 Å². The van der Waals surface area contributed by atoms with Crippen LogP contribution in [0.3, 0.4) is 0 Å². The molecule has 3 nitrogen and oxygen atoms in total. The van der Waals surface area contributed by atoms with Crippen molar-refractivity contribution in [2.45, 2.75) is 13.3 Å². The highest BCUT2D eigenvalue weighted by Crippen LogP contribution is 2.27. The van der Waals surface area contributed by atoms with Gasteiger partial charge in [-0.2, -0.15) is 0 Å². The quantitative estimate of drug-likeness (QED) is 0.741. The summed E-state index contributed by atoms with van der Waals surface area (Å²) in [5.41, 5.74) is 3.06. The number of hydrogen-bond donors (Lipinski definition) is 0. The molecule has 2 heterocycles. The van der Waals surface area contributed by atoms with Crippen LogP contribution in [0.15, 0.2) is 46.7 Å². The highest BCUT2D eigenvalue weighted by atomic mass is 32.1. The Morgan fingerprint density at radius 1 is 1.23 bits per heavy atom. The van der Waals surface area contributed by atoms with Gasteiger partial charge in [0, 0.05) is 35.9 Å². The smallest absolute Gasteiger partial charge is 0.250 e. The first kappa shape index (κ1) is 14.7. The van der Waals surface area contributed by atoms with Gasteiger partial charge in [0.2, 0.25) is 0 Å². The van der Waals surface area contributed by atoms with Crippen molar-refractivity contribution in [3.63, 3.8) is 0 Å². The number of thiazole rings is 1. The number of halogens is 1. The maximum Gasteiger partial charge on any atom is 0.250 e. The van der Waals surface area contributed by atoms with Crippen molar-refractivity contribution < 1.29 is 4.39 Å². The van der Waals surface area contributed by atoms with Gasteiger partial charge in [0.25, 0.3) is 5.56 Å². The van der Waals surface area contributed by atoms with Crippen molar-refractivity contribution >= 4 is 11.3 Å². The number of benzene rings is 1. The number of rotatable bonds is 3. The fourth-order valence-corrected chi connectivity index (χ4v) is 3.08. The molecule has 3 aromatic rings. The first-order valence-corrected chi connectivity index (χ1v) is 7.77. The average molecular weight is 314 g/mol. The summed E-state index contributed by atoms with van der Waals surface area (Å²) in [7, 11) is 1.70. The topological polar surface area (TPSA) is 34.9 Å². The van der Waals surface area contributed by atoms with Crippen LogP contribution in [0.1, 0.15) is 16.8 Å². The lowest BCUT2D eigenvalue weighted by atomic mass is 10.0. The van der Waals surface area contributed by atoms with Gasteiger partial charge in [-0.1, -0.05) is 6.07 Å². The number of nitrogens with zero attached hydrogens (tertiary/aromatic N) is 2. The van der Waals surface area contributed by atoms with E-state index >= 15 is 0 Å². The molecule has 0 radical (unpaired) electrons. The van der Waals surface area contributed by atoms with Crippen molar-refractivity contribution in [1.29, 1.82) is 0 Å². The van der Waals surface area contributed by atoms with Crippen molar-refractivity contribution in [2.24, 2.45) is 7.05 Å². The molecule has 0 spiro atoms. The zero-order valence-electron chi connectivity index (χ0n) is 12.3. The molecule has 5 heteroatoms. The van der Waals surface area contributed by atoms with E-state index in [1.54, 1.807) is 25.4 Å². The van der Waals surface area contributed by atoms with Crippen molar-refractivity contribution in [3.05, 3.63) is 74.9 Å². The molecular weight excluding hydrogens is 299 g/mol. The van der Waals surface area contributed by atoms with Gasteiger partial charge in [-0.15, -0.1) is 11.3 Å². The molecule has 0 unspecified atom stereocenters. The van der Waals surface area contributed by atoms with Gasteiger partial charge in [0.15, 0.2) is 0 Å². The average Bonchev–Trinajstić information content (AvgIpc) is 2.89. The van der Waals surface area contributed by atoms with Crippen LogP contribution in [-0.4, -0.2) is 9.55 Å². The van der Waals surface area contributed by atoms with E-state index in [2.05, 4.69) is 4.98 Å². The first-order chi connectivity index (χ1) is 10.5. The maximum absolute atomic E-state index is 14.3. The minimum Gasteiger partial charge on any atom is -0.319 e. The highest BCUT2D eigenvalue weighted by molar-refractivity contribution is 7.13. The molecule has 0 amide bonds. The van der Waals surface area contributed by atoms with Crippen molar-refractivity contribution in [1.82, 2.24) is 9.55 Å². The van der Waals surface area contributed by atoms with Crippen LogP contribution in [0, 0.1) is 12.7 Å². The molecule has 0 fully saturated rings. The lowest BCUT2D eigenvalue weighted by Gasteiger charge is -2.05. The maximum atomic E-state index is 14.3. The van der Waals surface area contributed by atoms with Crippen molar-refractivity contribution in [2.75, 3.05) is 0 Å². The Morgan fingerprint density at radius 2 is 2.00 bits per heavy atom. The summed E-state index contributed by atoms with van der Waals surface area (Å²) in [5, 5.41) is 2.60. The second kappa shape index (κ2) is 5.85. The fraction of sp³-hybridized carbons (Fsp3) is 0.176. The normalized spacial score (nSPS) is 10.9. The minimum atomic E-state index is -0.282. The summed E-state index contributed by atoms with van der Waals surface area (Å²) >= 11 is 1.44. The Balaban J connectivity index is 1.88. The highest BCUT2D eigenvalue weighted by Gasteiger charge is 2.10. The van der Waals surface area contributed by atoms with Gasteiger partial charge < -0.3 is 4.57 Å². The van der Waals surface area contributed by atoms with Gasteiger partial charge in [-0.25, -0.2) is 9.37 Å². The molecule has 0 aliphatic rings. The van der Waals surface area contributed by atoms with E-state index in [0.29, 0.717) is 17.0 Å². The number of aryl methyl sites for hydroxylation is 2. The lowest BCUT2D eigenvalue weighted by Crippen LogP contribution is -2.15. The summed E-state index contributed by atoms with van der Waals surface area (Å²) < 4.78 is 15.8. The zero-order chi connectivity index (χ0) is 15.7. The number of hydrogen-bond acceptors (Lipinski definition) is 3. The molecule has 0 atom stereocenters. The third kappa shape index (κ3) is 2.99. The molecule has 2 aromatic heterocycles. The van der Waals surface area contributed by atoms with Crippen LogP contribution < -0.4 is 5.56 Å². The van der Waals surface area contributed by atoms with E-state index in [1.807, 2.05) is 24.4 Å². The Labute approximate surface area is 131 Å². The molecule has 0 N–H and O–H groups in total. The Morgan fingerprint density at radius 3 is 2.64 bits per heavy atom. The summed E-state index contributed by atoms with van der Waals surface area (Å²) in [6.45, 7) is 1.89. The Bertz CT molecular complexity index is 882. The molecule has 22 heavy (non-hydrogen) atoms. The molecule has 0 saturated heterocycles. The molecule has 0 aliphatic heterocycles. The molecule has 0 bridgehead atoms. The number of pyridine rings is 1. The van der Waals surface area contributed by atoms with Crippen LogP contribution in [-0.2, 0) is 13.5 Å².